The van der Waals surface area contributed by atoms with Crippen LogP contribution in [-0.2, 0) is 19.4 Å². The number of aromatic amines is 4. The number of aliphatic hydroxyl groups is 4. The maximum atomic E-state index is 12.9. The van der Waals surface area contributed by atoms with Gasteiger partial charge >= 0.3 is 12.9 Å². The second-order valence-electron chi connectivity index (χ2n) is 29.1. The summed E-state index contributed by atoms with van der Waals surface area (Å²) in [6.45, 7) is -0.139. The Bertz CT molecular complexity index is 5520. The zero-order valence-corrected chi connectivity index (χ0v) is 70.5. The normalized spacial score (nSPS) is 17.7. The number of aliphatic hydroxyl groups excluding tert-OH is 4. The Hall–Kier alpha value is -14.6. The van der Waals surface area contributed by atoms with Gasteiger partial charge in [-0.1, -0.05) is 24.3 Å². The summed E-state index contributed by atoms with van der Waals surface area (Å²) in [4.78, 5) is 110. The van der Waals surface area contributed by atoms with Crippen molar-refractivity contribution < 1.29 is 69.5 Å². The lowest BCUT2D eigenvalue weighted by molar-refractivity contribution is -0.217. The summed E-state index contributed by atoms with van der Waals surface area (Å²) in [5.74, 6) is -1.26. The zero-order chi connectivity index (χ0) is 88.8. The molecule has 0 aliphatic heterocycles. The van der Waals surface area contributed by atoms with Crippen LogP contribution in [0.2, 0.25) is 0 Å². The number of carbonyl (C=O) groups excluding carboxylic acids is 6. The Morgan fingerprint density at radius 1 is 0.359 bits per heavy atom. The third-order valence-electron chi connectivity index (χ3n) is 20.6. The summed E-state index contributed by atoms with van der Waals surface area (Å²) < 4.78 is 7.31. The number of nitrogens with zero attached hydrogens (tertiary/aromatic N) is 20. The van der Waals surface area contributed by atoms with Crippen molar-refractivity contribution in [2.75, 3.05) is 21.3 Å². The zero-order valence-electron chi connectivity index (χ0n) is 67.3. The van der Waals surface area contributed by atoms with Gasteiger partial charge < -0.3 is 51.5 Å². The Kier molecular flexibility index (Phi) is 29.2. The first-order valence-electron chi connectivity index (χ1n) is 39.8. The minimum absolute atomic E-state index is 0.0694. The molecule has 46 heteroatoms. The van der Waals surface area contributed by atoms with E-state index in [0.717, 1.165) is 93.7 Å². The van der Waals surface area contributed by atoms with Crippen molar-refractivity contribution in [3.8, 4) is 87.8 Å². The van der Waals surface area contributed by atoms with Gasteiger partial charge in [-0.2, -0.15) is 40.8 Å². The largest absolute Gasteiger partial charge is 0.393 e. The minimum atomic E-state index is -0.316. The molecule has 0 saturated heterocycles. The van der Waals surface area contributed by atoms with E-state index >= 15 is 0 Å². The van der Waals surface area contributed by atoms with E-state index in [1.165, 1.54) is 45.3 Å². The fraction of sp³-hybridized carbons (Fsp3) is 0.244. The Morgan fingerprint density at radius 3 is 0.758 bits per heavy atom. The quantitative estimate of drug-likeness (QED) is 0.0170. The van der Waals surface area contributed by atoms with Crippen molar-refractivity contribution in [1.82, 2.24) is 120 Å². The third kappa shape index (κ3) is 22.2. The summed E-state index contributed by atoms with van der Waals surface area (Å²) in [5.41, 5.74) is 12.0. The van der Waals surface area contributed by atoms with Crippen molar-refractivity contribution >= 4 is 105 Å². The maximum absolute atomic E-state index is 12.9. The van der Waals surface area contributed by atoms with Crippen molar-refractivity contribution in [2.45, 2.75) is 126 Å². The SMILES string of the molecule is O=C(Nc1cn([C@H]2CC[C@@H](O)C2)nc1-c1ccccn1)c1csc(-c2cn[nH]c2)n1.O=C(Nc1cn([C@H]2CC[C@@H](O)C2)nc1-c1ccccn1)c1csc(-c2cn[nH]c2)n1.O=C(Nc1cn([C@H]2CC[C@H](O)C2)nc1-c1ccccn1)c1csc(-c2cn[nH]c2)n1.O=C(Nc1cn([C@H]2CC[C@H](O)C2)nc1-c1ccccn1)c1csc(-c2cn[nH]c2)n1.O=COO.O=COO. The maximum Gasteiger partial charge on any atom is 0.330 e. The molecule has 0 aromatic carbocycles. The summed E-state index contributed by atoms with van der Waals surface area (Å²) in [6, 6.07) is 22.6. The van der Waals surface area contributed by atoms with Gasteiger partial charge in [-0.15, -0.1) is 45.3 Å². The molecule has 4 amide bonds. The molecule has 128 heavy (non-hydrogen) atoms. The predicted molar refractivity (Wildman–Crippen MR) is 468 cm³/mol. The molecule has 4 aliphatic rings. The van der Waals surface area contributed by atoms with E-state index in [9.17, 15) is 39.6 Å². The highest BCUT2D eigenvalue weighted by Crippen LogP contribution is 2.40. The molecule has 14 N–H and O–H groups in total. The van der Waals surface area contributed by atoms with E-state index in [-0.39, 0.29) is 85.2 Å². The summed E-state index contributed by atoms with van der Waals surface area (Å²) in [5, 5.41) is 120. The van der Waals surface area contributed by atoms with Crippen LogP contribution in [0.3, 0.4) is 0 Å². The van der Waals surface area contributed by atoms with Gasteiger partial charge in [0.1, 0.15) is 65.6 Å². The molecule has 0 radical (unpaired) electrons. The van der Waals surface area contributed by atoms with Crippen LogP contribution in [0.1, 0.15) is 143 Å². The van der Waals surface area contributed by atoms with Crippen LogP contribution in [0, 0.1) is 0 Å². The van der Waals surface area contributed by atoms with Crippen molar-refractivity contribution in [1.29, 1.82) is 0 Å². The Balaban J connectivity index is 0.000000127. The third-order valence-corrected chi connectivity index (χ3v) is 24.1. The number of H-pyrrole nitrogens is 4. The molecule has 0 unspecified atom stereocenters. The van der Waals surface area contributed by atoms with E-state index in [2.05, 4.69) is 132 Å². The Labute approximate surface area is 740 Å². The lowest BCUT2D eigenvalue weighted by atomic mass is 10.2. The number of rotatable bonds is 22. The molecular weight excluding hydrogens is 1730 g/mol. The number of aromatic nitrogens is 24. The van der Waals surface area contributed by atoms with Crippen LogP contribution in [0.5, 0.6) is 0 Å². The molecule has 16 aromatic rings. The average molecular weight is 1810 g/mol. The molecule has 8 atom stereocenters. The molecular formula is C82H80N28O14S4. The van der Waals surface area contributed by atoms with Crippen molar-refractivity contribution in [3.63, 3.8) is 0 Å². The van der Waals surface area contributed by atoms with Gasteiger partial charge in [0, 0.05) is 118 Å². The molecule has 4 saturated carbocycles. The highest BCUT2D eigenvalue weighted by atomic mass is 32.1. The van der Waals surface area contributed by atoms with Crippen molar-refractivity contribution in [2.24, 2.45) is 0 Å². The van der Waals surface area contributed by atoms with Gasteiger partial charge in [0.2, 0.25) is 0 Å². The number of nitrogens with one attached hydrogen (secondary N) is 8. The molecule has 16 aromatic heterocycles. The van der Waals surface area contributed by atoms with E-state index in [1.807, 2.05) is 116 Å². The highest BCUT2D eigenvalue weighted by molar-refractivity contribution is 7.14. The number of thiazole rings is 4. The molecule has 0 spiro atoms. The van der Waals surface area contributed by atoms with Gasteiger partial charge in [-0.05, 0) is 126 Å². The standard InChI is InChI=1S/4C20H19N7O2S.2CH2O3/c4*28-14-5-4-13(7-14)27-10-16(18(26-27)15-3-1-2-6-21-15)24-19(29)17-11-30-20(25-17)12-8-22-23-9-12;2*2-1-4-3/h4*1-3,6,8-11,13-14,28H,4-5,7H2,(H,22,23)(H,24,29);2*1,3H/t2*13-,14+;2*13-,14-;;/m0000../s1. The molecule has 656 valence electrons. The van der Waals surface area contributed by atoms with Crippen LogP contribution in [0.15, 0.2) is 193 Å². The lowest BCUT2D eigenvalue weighted by Gasteiger charge is -2.09. The van der Waals surface area contributed by atoms with Crippen LogP contribution in [-0.4, -0.2) is 212 Å². The van der Waals surface area contributed by atoms with Crippen LogP contribution < -0.4 is 21.3 Å². The second kappa shape index (κ2) is 42.4. The summed E-state index contributed by atoms with van der Waals surface area (Å²) >= 11 is 5.52. The number of pyridine rings is 4. The first-order chi connectivity index (χ1) is 62.5. The molecule has 0 bridgehead atoms. The molecule has 42 nitrogen and oxygen atoms in total. The number of amides is 4. The average Bonchev–Trinajstić information content (AvgIpc) is 1.67. The van der Waals surface area contributed by atoms with Crippen LogP contribution >= 0.6 is 45.3 Å². The fourth-order valence-corrected chi connectivity index (χ4v) is 17.5. The highest BCUT2D eigenvalue weighted by Gasteiger charge is 2.33. The van der Waals surface area contributed by atoms with E-state index < -0.39 is 0 Å². The number of hydrogen-bond donors (Lipinski definition) is 14. The fourth-order valence-electron chi connectivity index (χ4n) is 14.4. The van der Waals surface area contributed by atoms with Gasteiger partial charge in [0.05, 0.1) is 119 Å². The first-order valence-corrected chi connectivity index (χ1v) is 43.3. The van der Waals surface area contributed by atoms with Gasteiger partial charge in [-0.3, -0.25) is 87.8 Å². The molecule has 20 rings (SSSR count). The second-order valence-corrected chi connectivity index (χ2v) is 32.6. The van der Waals surface area contributed by atoms with Crippen LogP contribution in [0.4, 0.5) is 22.7 Å². The molecule has 4 aliphatic carbocycles. The predicted octanol–water partition coefficient (Wildman–Crippen LogP) is 11.8. The minimum Gasteiger partial charge on any atom is -0.393 e. The lowest BCUT2D eigenvalue weighted by Crippen LogP contribution is -2.12. The van der Waals surface area contributed by atoms with Gasteiger partial charge in [0.15, 0.2) is 0 Å². The Morgan fingerprint density at radius 2 is 0.586 bits per heavy atom. The first kappa shape index (κ1) is 88.2. The number of hydrogen-bond acceptors (Lipinski definition) is 34. The topological polar surface area (TPSA) is 580 Å². The molecule has 16 heterocycles. The van der Waals surface area contributed by atoms with E-state index in [1.54, 1.807) is 95.9 Å². The summed E-state index contributed by atoms with van der Waals surface area (Å²) in [6.07, 6.45) is 35.4. The number of anilines is 4. The van der Waals surface area contributed by atoms with Gasteiger partial charge in [0.25, 0.3) is 23.6 Å². The summed E-state index contributed by atoms with van der Waals surface area (Å²) in [7, 11) is 0. The van der Waals surface area contributed by atoms with Crippen molar-refractivity contribution in [3.05, 3.63) is 216 Å². The van der Waals surface area contributed by atoms with Gasteiger partial charge in [-0.25, -0.2) is 30.5 Å². The number of carbonyl (C=O) groups is 6. The van der Waals surface area contributed by atoms with E-state index in [0.29, 0.717) is 117 Å². The smallest absolute Gasteiger partial charge is 0.330 e. The van der Waals surface area contributed by atoms with E-state index in [4.69, 9.17) is 20.1 Å². The van der Waals surface area contributed by atoms with Crippen LogP contribution in [0.25, 0.3) is 87.8 Å². The molecule has 4 fully saturated rings. The monoisotopic (exact) mass is 1810 g/mol.